The molecule has 1 aliphatic carbocycles. The average Bonchev–Trinajstić information content (AvgIpc) is 2.38. The number of rotatable bonds is 4. The number of carbonyl (C=O) groups excluding carboxylic acids is 1. The van der Waals surface area contributed by atoms with Crippen LogP contribution in [0.1, 0.15) is 40.5 Å². The summed E-state index contributed by atoms with van der Waals surface area (Å²) in [6.45, 7) is 8.56. The lowest BCUT2D eigenvalue weighted by Gasteiger charge is -2.32. The predicted molar refractivity (Wildman–Crippen MR) is 79.8 cm³/mol. The van der Waals surface area contributed by atoms with Crippen LogP contribution in [0.25, 0.3) is 0 Å². The highest BCUT2D eigenvalue weighted by molar-refractivity contribution is 5.83. The maximum atomic E-state index is 11.2. The van der Waals surface area contributed by atoms with Crippen molar-refractivity contribution in [3.05, 3.63) is 47.1 Å². The second-order valence-electron chi connectivity index (χ2n) is 5.36. The van der Waals surface area contributed by atoms with Crippen molar-refractivity contribution in [1.82, 2.24) is 0 Å². The molecule has 0 aromatic rings. The maximum Gasteiger partial charge on any atom is 0.330 e. The van der Waals surface area contributed by atoms with Crippen molar-refractivity contribution in [3.63, 3.8) is 0 Å². The second-order valence-corrected chi connectivity index (χ2v) is 5.36. The molecule has 2 nitrogen and oxygen atoms in total. The minimum Gasteiger partial charge on any atom is -0.466 e. The monoisotopic (exact) mass is 260 g/mol. The van der Waals surface area contributed by atoms with E-state index >= 15 is 0 Å². The molecule has 104 valence electrons. The number of allylic oxidation sites excluding steroid dienone is 7. The summed E-state index contributed by atoms with van der Waals surface area (Å²) in [6.07, 6.45) is 12.2. The molecule has 0 bridgehead atoms. The molecule has 19 heavy (non-hydrogen) atoms. The zero-order chi connectivity index (χ0) is 14.5. The molecule has 2 heteroatoms. The highest BCUT2D eigenvalue weighted by Crippen LogP contribution is 2.40. The van der Waals surface area contributed by atoms with E-state index in [2.05, 4.69) is 43.7 Å². The Morgan fingerprint density at radius 2 is 2.21 bits per heavy atom. The summed E-state index contributed by atoms with van der Waals surface area (Å²) in [5.41, 5.74) is 3.76. The number of hydrogen-bond acceptors (Lipinski definition) is 2. The minimum absolute atomic E-state index is 0.195. The van der Waals surface area contributed by atoms with Crippen LogP contribution in [0.3, 0.4) is 0 Å². The van der Waals surface area contributed by atoms with Crippen molar-refractivity contribution in [2.75, 3.05) is 7.11 Å². The largest absolute Gasteiger partial charge is 0.466 e. The summed E-state index contributed by atoms with van der Waals surface area (Å²) < 4.78 is 4.62. The number of carbonyl (C=O) groups is 1. The first-order chi connectivity index (χ1) is 8.92. The zero-order valence-corrected chi connectivity index (χ0v) is 12.6. The van der Waals surface area contributed by atoms with Crippen molar-refractivity contribution in [2.45, 2.75) is 40.5 Å². The van der Waals surface area contributed by atoms with Gasteiger partial charge in [0.15, 0.2) is 0 Å². The van der Waals surface area contributed by atoms with Crippen LogP contribution in [-0.4, -0.2) is 13.1 Å². The highest BCUT2D eigenvalue weighted by atomic mass is 16.5. The van der Waals surface area contributed by atoms with Gasteiger partial charge in [-0.3, -0.25) is 0 Å². The molecular formula is C17H24O2. The van der Waals surface area contributed by atoms with E-state index in [1.807, 2.05) is 13.0 Å². The van der Waals surface area contributed by atoms with Crippen molar-refractivity contribution in [3.8, 4) is 0 Å². The Balaban J connectivity index is 2.98. The maximum absolute atomic E-state index is 11.2. The topological polar surface area (TPSA) is 26.3 Å². The molecule has 0 saturated carbocycles. The van der Waals surface area contributed by atoms with Gasteiger partial charge in [-0.15, -0.1) is 0 Å². The molecule has 0 aliphatic heterocycles. The van der Waals surface area contributed by atoms with Crippen LogP contribution in [0.4, 0.5) is 0 Å². The Bertz CT molecular complexity index is 464. The SMILES string of the molecule is CC[C@]1(C)CC=CC(C)=C1/C=C/C(C)=C/C(=O)OC. The van der Waals surface area contributed by atoms with E-state index in [-0.39, 0.29) is 11.4 Å². The Morgan fingerprint density at radius 1 is 1.53 bits per heavy atom. The third kappa shape index (κ3) is 3.95. The molecular weight excluding hydrogens is 236 g/mol. The van der Waals surface area contributed by atoms with Gasteiger partial charge in [-0.05, 0) is 48.8 Å². The zero-order valence-electron chi connectivity index (χ0n) is 12.6. The summed E-state index contributed by atoms with van der Waals surface area (Å²) >= 11 is 0. The minimum atomic E-state index is -0.311. The number of methoxy groups -OCH3 is 1. The van der Waals surface area contributed by atoms with Crippen LogP contribution < -0.4 is 0 Å². The quantitative estimate of drug-likeness (QED) is 0.426. The molecule has 0 N–H and O–H groups in total. The van der Waals surface area contributed by atoms with Crippen molar-refractivity contribution in [2.24, 2.45) is 5.41 Å². The van der Waals surface area contributed by atoms with Crippen LogP contribution in [0.2, 0.25) is 0 Å². The normalized spacial score (nSPS) is 24.2. The second kappa shape index (κ2) is 6.55. The first-order valence-corrected chi connectivity index (χ1v) is 6.75. The highest BCUT2D eigenvalue weighted by Gasteiger charge is 2.27. The Kier molecular flexibility index (Phi) is 5.34. The van der Waals surface area contributed by atoms with Crippen molar-refractivity contribution in [1.29, 1.82) is 0 Å². The predicted octanol–water partition coefficient (Wildman–Crippen LogP) is 4.35. The summed E-state index contributed by atoms with van der Waals surface area (Å²) in [5, 5.41) is 0. The summed E-state index contributed by atoms with van der Waals surface area (Å²) in [6, 6.07) is 0. The van der Waals surface area contributed by atoms with Gasteiger partial charge in [0, 0.05) is 6.08 Å². The van der Waals surface area contributed by atoms with Gasteiger partial charge in [-0.25, -0.2) is 4.79 Å². The summed E-state index contributed by atoms with van der Waals surface area (Å²) in [7, 11) is 1.39. The van der Waals surface area contributed by atoms with Gasteiger partial charge in [-0.1, -0.05) is 38.2 Å². The van der Waals surface area contributed by atoms with E-state index in [0.29, 0.717) is 0 Å². The first kappa shape index (κ1) is 15.5. The third-order valence-electron chi connectivity index (χ3n) is 3.85. The van der Waals surface area contributed by atoms with Gasteiger partial charge >= 0.3 is 5.97 Å². The fraction of sp³-hybridized carbons (Fsp3) is 0.471. The van der Waals surface area contributed by atoms with Crippen molar-refractivity contribution >= 4 is 5.97 Å². The molecule has 1 atom stereocenters. The Hall–Kier alpha value is -1.57. The lowest BCUT2D eigenvalue weighted by molar-refractivity contribution is -0.134. The molecule has 1 aliphatic rings. The molecule has 0 amide bonds. The van der Waals surface area contributed by atoms with E-state index in [4.69, 9.17) is 0 Å². The number of hydrogen-bond donors (Lipinski definition) is 0. The fourth-order valence-corrected chi connectivity index (χ4v) is 2.35. The van der Waals surface area contributed by atoms with Gasteiger partial charge < -0.3 is 4.74 Å². The Labute approximate surface area is 116 Å². The summed E-state index contributed by atoms with van der Waals surface area (Å²) in [4.78, 5) is 11.2. The van der Waals surface area contributed by atoms with Crippen LogP contribution in [0.5, 0.6) is 0 Å². The van der Waals surface area contributed by atoms with E-state index in [9.17, 15) is 4.79 Å². The lowest BCUT2D eigenvalue weighted by Crippen LogP contribution is -2.19. The average molecular weight is 260 g/mol. The van der Waals surface area contributed by atoms with E-state index in [1.165, 1.54) is 24.3 Å². The van der Waals surface area contributed by atoms with E-state index in [0.717, 1.165) is 18.4 Å². The standard InChI is InChI=1S/C17H24O2/c1-6-17(4)11-7-8-14(3)15(17)10-9-13(2)12-16(18)19-5/h7-10,12H,6,11H2,1-5H3/b10-9+,13-12+/t17-/m1/s1. The van der Waals surface area contributed by atoms with E-state index in [1.54, 1.807) is 0 Å². The molecule has 0 heterocycles. The van der Waals surface area contributed by atoms with E-state index < -0.39 is 0 Å². The van der Waals surface area contributed by atoms with Gasteiger partial charge in [0.2, 0.25) is 0 Å². The van der Waals surface area contributed by atoms with Crippen LogP contribution in [0.15, 0.2) is 47.1 Å². The molecule has 0 saturated heterocycles. The smallest absolute Gasteiger partial charge is 0.330 e. The molecule has 0 aromatic carbocycles. The molecule has 0 radical (unpaired) electrons. The molecule has 0 spiro atoms. The van der Waals surface area contributed by atoms with Crippen molar-refractivity contribution < 1.29 is 9.53 Å². The van der Waals surface area contributed by atoms with Crippen LogP contribution in [-0.2, 0) is 9.53 Å². The number of esters is 1. The van der Waals surface area contributed by atoms with Gasteiger partial charge in [0.25, 0.3) is 0 Å². The van der Waals surface area contributed by atoms with Gasteiger partial charge in [0.05, 0.1) is 7.11 Å². The lowest BCUT2D eigenvalue weighted by atomic mass is 9.72. The number of ether oxygens (including phenoxy) is 1. The molecule has 1 rings (SSSR count). The molecule has 0 fully saturated rings. The summed E-state index contributed by atoms with van der Waals surface area (Å²) in [5.74, 6) is -0.311. The van der Waals surface area contributed by atoms with Crippen LogP contribution >= 0.6 is 0 Å². The molecule has 0 unspecified atom stereocenters. The van der Waals surface area contributed by atoms with Crippen LogP contribution in [0, 0.1) is 5.41 Å². The third-order valence-corrected chi connectivity index (χ3v) is 3.85. The molecule has 0 aromatic heterocycles. The fourth-order valence-electron chi connectivity index (χ4n) is 2.35. The first-order valence-electron chi connectivity index (χ1n) is 6.75. The Morgan fingerprint density at radius 3 is 2.79 bits per heavy atom. The van der Waals surface area contributed by atoms with Gasteiger partial charge in [-0.2, -0.15) is 0 Å². The van der Waals surface area contributed by atoms with Gasteiger partial charge in [0.1, 0.15) is 0 Å².